The van der Waals surface area contributed by atoms with Gasteiger partial charge in [-0.15, -0.1) is 0 Å². The summed E-state index contributed by atoms with van der Waals surface area (Å²) in [7, 11) is 1.60. The van der Waals surface area contributed by atoms with E-state index in [1.54, 1.807) is 19.2 Å². The van der Waals surface area contributed by atoms with E-state index in [1.807, 2.05) is 0 Å². The van der Waals surface area contributed by atoms with Crippen LogP contribution in [0.15, 0.2) is 28.9 Å². The van der Waals surface area contributed by atoms with E-state index in [1.165, 1.54) is 17.0 Å². The van der Waals surface area contributed by atoms with Crippen LogP contribution in [-0.2, 0) is 7.05 Å². The van der Waals surface area contributed by atoms with E-state index in [9.17, 15) is 8.78 Å². The lowest BCUT2D eigenvalue weighted by Crippen LogP contribution is -1.94. The highest BCUT2D eigenvalue weighted by atomic mass is 19.3. The fourth-order valence-corrected chi connectivity index (χ4v) is 1.25. The van der Waals surface area contributed by atoms with Crippen LogP contribution in [0.1, 0.15) is 12.1 Å². The summed E-state index contributed by atoms with van der Waals surface area (Å²) in [5.41, 5.74) is 0.309. The van der Waals surface area contributed by atoms with E-state index in [-0.39, 0.29) is 5.69 Å². The molecule has 74 valence electrons. The normalized spacial score (nSPS) is 11.1. The van der Waals surface area contributed by atoms with Crippen molar-refractivity contribution in [3.05, 3.63) is 30.2 Å². The van der Waals surface area contributed by atoms with Crippen LogP contribution in [0.4, 0.5) is 8.78 Å². The fraction of sp³-hybridized carbons (Fsp3) is 0.222. The molecule has 0 atom stereocenters. The topological polar surface area (TPSA) is 31.0 Å². The molecular weight excluding hydrogens is 190 g/mol. The number of halogens is 2. The Balaban J connectivity index is 2.45. The van der Waals surface area contributed by atoms with Crippen molar-refractivity contribution < 1.29 is 13.2 Å². The molecule has 0 unspecified atom stereocenters. The standard InChI is InChI=1S/C9H8F2N2O/c1-13-7(8-3-2-4-14-8)5-6(12-13)9(10)11/h2-5,9H,1H3. The Morgan fingerprint density at radius 2 is 2.29 bits per heavy atom. The Hall–Kier alpha value is -1.65. The number of nitrogens with zero attached hydrogens (tertiary/aromatic N) is 2. The Morgan fingerprint density at radius 1 is 1.50 bits per heavy atom. The molecule has 2 rings (SSSR count). The van der Waals surface area contributed by atoms with Gasteiger partial charge in [0.15, 0.2) is 5.76 Å². The van der Waals surface area contributed by atoms with Crippen molar-refractivity contribution in [2.45, 2.75) is 6.43 Å². The summed E-state index contributed by atoms with van der Waals surface area (Å²) >= 11 is 0. The second kappa shape index (κ2) is 3.25. The Bertz CT molecular complexity index is 420. The molecule has 2 heterocycles. The van der Waals surface area contributed by atoms with Gasteiger partial charge in [0, 0.05) is 7.05 Å². The molecule has 14 heavy (non-hydrogen) atoms. The van der Waals surface area contributed by atoms with Crippen molar-refractivity contribution in [2.75, 3.05) is 0 Å². The van der Waals surface area contributed by atoms with Gasteiger partial charge in [0.25, 0.3) is 6.43 Å². The van der Waals surface area contributed by atoms with E-state index >= 15 is 0 Å². The van der Waals surface area contributed by atoms with Crippen molar-refractivity contribution in [3.8, 4) is 11.5 Å². The lowest BCUT2D eigenvalue weighted by atomic mass is 10.3. The summed E-state index contributed by atoms with van der Waals surface area (Å²) in [5.74, 6) is 0.534. The SMILES string of the molecule is Cn1nc(C(F)F)cc1-c1ccco1. The molecule has 0 aliphatic rings. The number of furan rings is 1. The number of alkyl halides is 2. The molecular formula is C9H8F2N2O. The van der Waals surface area contributed by atoms with Crippen molar-refractivity contribution in [1.82, 2.24) is 9.78 Å². The molecule has 0 aliphatic carbocycles. The zero-order valence-corrected chi connectivity index (χ0v) is 7.45. The van der Waals surface area contributed by atoms with E-state index in [4.69, 9.17) is 4.42 Å². The quantitative estimate of drug-likeness (QED) is 0.742. The molecule has 3 nitrogen and oxygen atoms in total. The van der Waals surface area contributed by atoms with Crippen LogP contribution in [0.2, 0.25) is 0 Å². The molecule has 0 fully saturated rings. The van der Waals surface area contributed by atoms with Crippen molar-refractivity contribution in [1.29, 1.82) is 0 Å². The van der Waals surface area contributed by atoms with E-state index in [0.29, 0.717) is 11.5 Å². The van der Waals surface area contributed by atoms with E-state index in [2.05, 4.69) is 5.10 Å². The third-order valence-corrected chi connectivity index (χ3v) is 1.90. The van der Waals surface area contributed by atoms with Gasteiger partial charge in [0.05, 0.1) is 6.26 Å². The van der Waals surface area contributed by atoms with Gasteiger partial charge >= 0.3 is 0 Å². The molecule has 0 saturated heterocycles. The first-order valence-corrected chi connectivity index (χ1v) is 4.04. The molecule has 0 amide bonds. The van der Waals surface area contributed by atoms with Gasteiger partial charge in [-0.3, -0.25) is 4.68 Å². The maximum Gasteiger partial charge on any atom is 0.282 e. The average molecular weight is 198 g/mol. The van der Waals surface area contributed by atoms with Crippen LogP contribution in [0.5, 0.6) is 0 Å². The number of hydrogen-bond acceptors (Lipinski definition) is 2. The van der Waals surface area contributed by atoms with Crippen LogP contribution in [0.3, 0.4) is 0 Å². The lowest BCUT2D eigenvalue weighted by Gasteiger charge is -1.94. The molecule has 2 aromatic rings. The molecule has 2 aromatic heterocycles. The minimum Gasteiger partial charge on any atom is -0.463 e. The first-order chi connectivity index (χ1) is 6.68. The largest absolute Gasteiger partial charge is 0.463 e. The van der Waals surface area contributed by atoms with Gasteiger partial charge in [-0.2, -0.15) is 5.10 Å². The molecule has 0 aliphatic heterocycles. The Morgan fingerprint density at radius 3 is 2.79 bits per heavy atom. The van der Waals surface area contributed by atoms with E-state index < -0.39 is 6.43 Å². The van der Waals surface area contributed by atoms with Gasteiger partial charge in [-0.1, -0.05) is 0 Å². The number of hydrogen-bond donors (Lipinski definition) is 0. The molecule has 5 heteroatoms. The zero-order valence-electron chi connectivity index (χ0n) is 7.45. The second-order valence-electron chi connectivity index (χ2n) is 2.86. The minimum atomic E-state index is -2.55. The monoisotopic (exact) mass is 198 g/mol. The molecule has 0 spiro atoms. The summed E-state index contributed by atoms with van der Waals surface area (Å²) in [6, 6.07) is 4.72. The van der Waals surface area contributed by atoms with Crippen molar-refractivity contribution >= 4 is 0 Å². The minimum absolute atomic E-state index is 0.237. The van der Waals surface area contributed by atoms with Crippen molar-refractivity contribution in [2.24, 2.45) is 7.05 Å². The molecule has 0 aromatic carbocycles. The zero-order chi connectivity index (χ0) is 10.1. The summed E-state index contributed by atoms with van der Waals surface area (Å²) in [6.45, 7) is 0. The summed E-state index contributed by atoms with van der Waals surface area (Å²) in [5, 5.41) is 3.67. The number of aromatic nitrogens is 2. The Labute approximate surface area is 79.0 Å². The summed E-state index contributed by atoms with van der Waals surface area (Å²) in [4.78, 5) is 0. The highest BCUT2D eigenvalue weighted by Crippen LogP contribution is 2.24. The predicted molar refractivity (Wildman–Crippen MR) is 45.9 cm³/mol. The average Bonchev–Trinajstić information content (AvgIpc) is 2.71. The maximum absolute atomic E-state index is 12.3. The van der Waals surface area contributed by atoms with Gasteiger partial charge in [-0.05, 0) is 18.2 Å². The number of rotatable bonds is 2. The highest BCUT2D eigenvalue weighted by Gasteiger charge is 2.15. The van der Waals surface area contributed by atoms with Gasteiger partial charge < -0.3 is 4.42 Å². The van der Waals surface area contributed by atoms with Crippen LogP contribution in [0, 0.1) is 0 Å². The maximum atomic E-state index is 12.3. The fourth-order valence-electron chi connectivity index (χ4n) is 1.25. The van der Waals surface area contributed by atoms with Crippen LogP contribution >= 0.6 is 0 Å². The van der Waals surface area contributed by atoms with Crippen LogP contribution in [-0.4, -0.2) is 9.78 Å². The first-order valence-electron chi connectivity index (χ1n) is 4.04. The predicted octanol–water partition coefficient (Wildman–Crippen LogP) is 2.62. The smallest absolute Gasteiger partial charge is 0.282 e. The third-order valence-electron chi connectivity index (χ3n) is 1.90. The highest BCUT2D eigenvalue weighted by molar-refractivity contribution is 5.52. The lowest BCUT2D eigenvalue weighted by molar-refractivity contribution is 0.145. The first kappa shape index (κ1) is 8.93. The van der Waals surface area contributed by atoms with Crippen LogP contribution < -0.4 is 0 Å². The van der Waals surface area contributed by atoms with E-state index in [0.717, 1.165) is 0 Å². The van der Waals surface area contributed by atoms with Gasteiger partial charge in [0.1, 0.15) is 11.4 Å². The van der Waals surface area contributed by atoms with Crippen molar-refractivity contribution in [3.63, 3.8) is 0 Å². The van der Waals surface area contributed by atoms with Gasteiger partial charge in [-0.25, -0.2) is 8.78 Å². The molecule has 0 N–H and O–H groups in total. The summed E-state index contributed by atoms with van der Waals surface area (Å²) < 4.78 is 31.1. The summed E-state index contributed by atoms with van der Waals surface area (Å²) in [6.07, 6.45) is -1.06. The Kier molecular flexibility index (Phi) is 2.07. The van der Waals surface area contributed by atoms with Crippen LogP contribution in [0.25, 0.3) is 11.5 Å². The molecule has 0 radical (unpaired) electrons. The number of aryl methyl sites for hydroxylation is 1. The molecule has 0 saturated carbocycles. The second-order valence-corrected chi connectivity index (χ2v) is 2.86. The van der Waals surface area contributed by atoms with Gasteiger partial charge in [0.2, 0.25) is 0 Å². The molecule has 0 bridgehead atoms. The third kappa shape index (κ3) is 1.41.